The van der Waals surface area contributed by atoms with Crippen molar-refractivity contribution in [3.8, 4) is 11.1 Å². The van der Waals surface area contributed by atoms with Crippen molar-refractivity contribution in [3.63, 3.8) is 0 Å². The topological polar surface area (TPSA) is 29.1 Å². The lowest BCUT2D eigenvalue weighted by Gasteiger charge is -2.26. The summed E-state index contributed by atoms with van der Waals surface area (Å²) in [4.78, 5) is 12.6. The average Bonchev–Trinajstić information content (AvgIpc) is 3.24. The summed E-state index contributed by atoms with van der Waals surface area (Å²) < 4.78 is 0. The third-order valence-electron chi connectivity index (χ3n) is 5.69. The van der Waals surface area contributed by atoms with Gasteiger partial charge in [0.2, 0.25) is 5.91 Å². The molecule has 3 heteroatoms. The standard InChI is InChI=1S/C28H35NOS/c1-27(2,3)23-15-20(16-24(17-23)28(4,5)6)11-12-26(30)29-18-21-9-7-8-10-25(21)22-13-14-31-19-22/h7-10,13-17,19H,11-12,18H2,1-6H3,(H,29,30). The van der Waals surface area contributed by atoms with E-state index in [0.717, 1.165) is 12.0 Å². The Labute approximate surface area is 191 Å². The molecule has 0 aliphatic rings. The number of rotatable bonds is 6. The van der Waals surface area contributed by atoms with Gasteiger partial charge >= 0.3 is 0 Å². The molecule has 1 N–H and O–H groups in total. The van der Waals surface area contributed by atoms with Crippen LogP contribution in [0.2, 0.25) is 0 Å². The molecule has 2 nitrogen and oxygen atoms in total. The van der Waals surface area contributed by atoms with E-state index >= 15 is 0 Å². The highest BCUT2D eigenvalue weighted by atomic mass is 32.1. The van der Waals surface area contributed by atoms with Crippen LogP contribution in [0.25, 0.3) is 11.1 Å². The van der Waals surface area contributed by atoms with Gasteiger partial charge in [0.1, 0.15) is 0 Å². The molecule has 0 radical (unpaired) electrons. The SMILES string of the molecule is CC(C)(C)c1cc(CCC(=O)NCc2ccccc2-c2ccsc2)cc(C(C)(C)C)c1. The predicted octanol–water partition coefficient (Wildman–Crippen LogP) is 7.26. The van der Waals surface area contributed by atoms with Gasteiger partial charge in [0.15, 0.2) is 0 Å². The van der Waals surface area contributed by atoms with Crippen LogP contribution in [0.15, 0.2) is 59.3 Å². The van der Waals surface area contributed by atoms with E-state index in [9.17, 15) is 4.79 Å². The largest absolute Gasteiger partial charge is 0.352 e. The number of carbonyl (C=O) groups is 1. The number of amides is 1. The molecule has 2 aromatic carbocycles. The molecule has 1 aromatic heterocycles. The molecule has 0 atom stereocenters. The zero-order valence-corrected chi connectivity index (χ0v) is 20.5. The Balaban J connectivity index is 1.67. The van der Waals surface area contributed by atoms with Gasteiger partial charge in [-0.15, -0.1) is 0 Å². The van der Waals surface area contributed by atoms with Crippen LogP contribution in [-0.2, 0) is 28.6 Å². The summed E-state index contributed by atoms with van der Waals surface area (Å²) in [5.41, 5.74) is 7.64. The highest BCUT2D eigenvalue weighted by Gasteiger charge is 2.20. The summed E-state index contributed by atoms with van der Waals surface area (Å²) in [6, 6.07) is 17.3. The quantitative estimate of drug-likeness (QED) is 0.435. The van der Waals surface area contributed by atoms with Gasteiger partial charge in [0.05, 0.1) is 0 Å². The van der Waals surface area contributed by atoms with Gasteiger partial charge in [-0.25, -0.2) is 0 Å². The summed E-state index contributed by atoms with van der Waals surface area (Å²) in [5, 5.41) is 7.36. The molecular formula is C28H35NOS. The monoisotopic (exact) mass is 433 g/mol. The van der Waals surface area contributed by atoms with E-state index in [4.69, 9.17) is 0 Å². The van der Waals surface area contributed by atoms with Gasteiger partial charge < -0.3 is 5.32 Å². The third-order valence-corrected chi connectivity index (χ3v) is 6.37. The van der Waals surface area contributed by atoms with Crippen LogP contribution < -0.4 is 5.32 Å². The maximum atomic E-state index is 12.6. The van der Waals surface area contributed by atoms with Crippen molar-refractivity contribution in [1.29, 1.82) is 0 Å². The fraction of sp³-hybridized carbons (Fsp3) is 0.393. The first kappa shape index (κ1) is 23.3. The zero-order valence-electron chi connectivity index (χ0n) is 19.7. The Morgan fingerprint density at radius 2 is 1.55 bits per heavy atom. The molecule has 1 heterocycles. The molecular weight excluding hydrogens is 398 g/mol. The second-order valence-electron chi connectivity index (χ2n) is 10.4. The lowest BCUT2D eigenvalue weighted by atomic mass is 9.79. The smallest absolute Gasteiger partial charge is 0.220 e. The van der Waals surface area contributed by atoms with E-state index in [0.29, 0.717) is 13.0 Å². The predicted molar refractivity (Wildman–Crippen MR) is 134 cm³/mol. The second-order valence-corrected chi connectivity index (χ2v) is 11.1. The molecule has 3 rings (SSSR count). The number of hydrogen-bond donors (Lipinski definition) is 1. The maximum Gasteiger partial charge on any atom is 0.220 e. The van der Waals surface area contributed by atoms with E-state index in [-0.39, 0.29) is 16.7 Å². The Bertz CT molecular complexity index is 988. The van der Waals surface area contributed by atoms with Crippen LogP contribution in [0, 0.1) is 0 Å². The molecule has 0 saturated carbocycles. The van der Waals surface area contributed by atoms with Crippen molar-refractivity contribution in [2.45, 2.75) is 71.8 Å². The summed E-state index contributed by atoms with van der Waals surface area (Å²) in [6.45, 7) is 14.0. The first-order chi connectivity index (χ1) is 14.5. The van der Waals surface area contributed by atoms with Crippen molar-refractivity contribution >= 4 is 17.2 Å². The fourth-order valence-electron chi connectivity index (χ4n) is 3.62. The van der Waals surface area contributed by atoms with E-state index < -0.39 is 0 Å². The molecule has 0 bridgehead atoms. The highest BCUT2D eigenvalue weighted by Crippen LogP contribution is 2.31. The van der Waals surface area contributed by atoms with Crippen LogP contribution in [0.4, 0.5) is 0 Å². The minimum absolute atomic E-state index is 0.0869. The summed E-state index contributed by atoms with van der Waals surface area (Å²) in [6.07, 6.45) is 1.25. The Morgan fingerprint density at radius 3 is 2.13 bits per heavy atom. The number of nitrogens with one attached hydrogen (secondary N) is 1. The summed E-state index contributed by atoms with van der Waals surface area (Å²) >= 11 is 1.69. The van der Waals surface area contributed by atoms with Crippen LogP contribution in [-0.4, -0.2) is 5.91 Å². The van der Waals surface area contributed by atoms with Crippen LogP contribution in [0.5, 0.6) is 0 Å². The third kappa shape index (κ3) is 6.30. The Morgan fingerprint density at radius 1 is 0.903 bits per heavy atom. The normalized spacial score (nSPS) is 12.1. The number of aryl methyl sites for hydroxylation is 1. The molecule has 1 amide bonds. The average molecular weight is 434 g/mol. The second kappa shape index (κ2) is 9.40. The molecule has 0 aliphatic heterocycles. The highest BCUT2D eigenvalue weighted by molar-refractivity contribution is 7.08. The number of hydrogen-bond acceptors (Lipinski definition) is 2. The van der Waals surface area contributed by atoms with E-state index in [1.807, 2.05) is 12.1 Å². The van der Waals surface area contributed by atoms with Crippen LogP contribution in [0.1, 0.15) is 70.2 Å². The summed E-state index contributed by atoms with van der Waals surface area (Å²) in [7, 11) is 0. The molecule has 0 unspecified atom stereocenters. The first-order valence-electron chi connectivity index (χ1n) is 11.1. The maximum absolute atomic E-state index is 12.6. The zero-order chi connectivity index (χ0) is 22.6. The Hall–Kier alpha value is -2.39. The van der Waals surface area contributed by atoms with Gasteiger partial charge in [0.25, 0.3) is 0 Å². The van der Waals surface area contributed by atoms with Crippen molar-refractivity contribution < 1.29 is 4.79 Å². The number of carbonyl (C=O) groups excluding carboxylic acids is 1. The van der Waals surface area contributed by atoms with Crippen molar-refractivity contribution in [2.75, 3.05) is 0 Å². The van der Waals surface area contributed by atoms with Gasteiger partial charge in [-0.2, -0.15) is 11.3 Å². The van der Waals surface area contributed by atoms with E-state index in [1.165, 1.54) is 27.8 Å². The first-order valence-corrected chi connectivity index (χ1v) is 12.0. The molecule has 164 valence electrons. The molecule has 0 spiro atoms. The van der Waals surface area contributed by atoms with E-state index in [2.05, 4.69) is 94.0 Å². The minimum Gasteiger partial charge on any atom is -0.352 e. The van der Waals surface area contributed by atoms with E-state index in [1.54, 1.807) is 11.3 Å². The van der Waals surface area contributed by atoms with Gasteiger partial charge in [-0.3, -0.25) is 4.79 Å². The molecule has 0 aliphatic carbocycles. The van der Waals surface area contributed by atoms with Crippen LogP contribution >= 0.6 is 11.3 Å². The summed E-state index contributed by atoms with van der Waals surface area (Å²) in [5.74, 6) is 0.0959. The molecule has 3 aromatic rings. The molecule has 0 saturated heterocycles. The molecule has 31 heavy (non-hydrogen) atoms. The lowest BCUT2D eigenvalue weighted by Crippen LogP contribution is -2.23. The van der Waals surface area contributed by atoms with Gasteiger partial charge in [-0.1, -0.05) is 84.0 Å². The van der Waals surface area contributed by atoms with Crippen molar-refractivity contribution in [1.82, 2.24) is 5.32 Å². The Kier molecular flexibility index (Phi) is 7.06. The van der Waals surface area contributed by atoms with Crippen molar-refractivity contribution in [3.05, 3.63) is 81.5 Å². The fourth-order valence-corrected chi connectivity index (χ4v) is 4.27. The minimum atomic E-state index is 0.0869. The number of thiophene rings is 1. The van der Waals surface area contributed by atoms with Gasteiger partial charge in [-0.05, 0) is 67.5 Å². The van der Waals surface area contributed by atoms with Crippen LogP contribution in [0.3, 0.4) is 0 Å². The molecule has 0 fully saturated rings. The number of benzene rings is 2. The van der Waals surface area contributed by atoms with Crippen molar-refractivity contribution in [2.24, 2.45) is 0 Å². The van der Waals surface area contributed by atoms with Gasteiger partial charge in [0, 0.05) is 13.0 Å². The lowest BCUT2D eigenvalue weighted by molar-refractivity contribution is -0.121.